The Bertz CT molecular complexity index is 3510. The Morgan fingerprint density at radius 1 is 0.344 bits per heavy atom. The first-order valence-corrected chi connectivity index (χ1v) is 22.2. The van der Waals surface area contributed by atoms with Gasteiger partial charge in [-0.05, 0) is 110 Å². The summed E-state index contributed by atoms with van der Waals surface area (Å²) in [6, 6.07) is 79.5. The highest BCUT2D eigenvalue weighted by Crippen LogP contribution is 2.46. The quantitative estimate of drug-likeness (QED) is 0.149. The lowest BCUT2D eigenvalue weighted by Crippen LogP contribution is -2.11. The Morgan fingerprint density at radius 3 is 1.62 bits per heavy atom. The van der Waals surface area contributed by atoms with Gasteiger partial charge in [-0.3, -0.25) is 0 Å². The summed E-state index contributed by atoms with van der Waals surface area (Å²) >= 11 is 3.65. The molecule has 0 amide bonds. The van der Waals surface area contributed by atoms with Gasteiger partial charge in [-0.2, -0.15) is 0 Å². The fourth-order valence-electron chi connectivity index (χ4n) is 8.92. The largest absolute Gasteiger partial charge is 0.310 e. The first-order chi connectivity index (χ1) is 30.2. The van der Waals surface area contributed by atoms with Gasteiger partial charge in [0.25, 0.3) is 0 Å². The molecule has 12 rings (SSSR count). The molecule has 0 saturated heterocycles. The minimum Gasteiger partial charge on any atom is -0.310 e. The summed E-state index contributed by atoms with van der Waals surface area (Å²) in [5.41, 5.74) is 12.6. The molecule has 0 N–H and O–H groups in total. The van der Waals surface area contributed by atoms with Crippen LogP contribution in [0, 0.1) is 0 Å². The summed E-state index contributed by atoms with van der Waals surface area (Å²) in [5.74, 6) is 0. The molecule has 0 aliphatic carbocycles. The molecular formula is C57H36N2S2. The first-order valence-electron chi connectivity index (χ1n) is 20.6. The number of thiophene rings is 1. The lowest BCUT2D eigenvalue weighted by atomic mass is 9.95. The van der Waals surface area contributed by atoms with Gasteiger partial charge in [0.1, 0.15) is 5.01 Å². The highest BCUT2D eigenvalue weighted by molar-refractivity contribution is 7.28. The Balaban J connectivity index is 1.03. The van der Waals surface area contributed by atoms with E-state index in [0.29, 0.717) is 0 Å². The molecule has 2 aromatic heterocycles. The number of hydrogen-bond acceptors (Lipinski definition) is 4. The summed E-state index contributed by atoms with van der Waals surface area (Å²) in [7, 11) is 0. The zero-order chi connectivity index (χ0) is 40.3. The molecule has 2 nitrogen and oxygen atoms in total. The maximum absolute atomic E-state index is 5.08. The molecule has 0 saturated carbocycles. The van der Waals surface area contributed by atoms with Gasteiger partial charge in [0.05, 0.1) is 15.9 Å². The van der Waals surface area contributed by atoms with E-state index in [4.69, 9.17) is 4.98 Å². The molecule has 0 bridgehead atoms. The van der Waals surface area contributed by atoms with E-state index >= 15 is 0 Å². The number of aromatic nitrogens is 1. The predicted octanol–water partition coefficient (Wildman–Crippen LogP) is 17.1. The van der Waals surface area contributed by atoms with E-state index < -0.39 is 0 Å². The Kier molecular flexibility index (Phi) is 8.58. The zero-order valence-electron chi connectivity index (χ0n) is 33.0. The van der Waals surface area contributed by atoms with Crippen LogP contribution >= 0.6 is 22.7 Å². The lowest BCUT2D eigenvalue weighted by molar-refractivity contribution is 1.30. The van der Waals surface area contributed by atoms with Crippen LogP contribution in [0.3, 0.4) is 0 Å². The third-order valence-electron chi connectivity index (χ3n) is 11.8. The van der Waals surface area contributed by atoms with Crippen LogP contribution in [0.2, 0.25) is 0 Å². The number of benzene rings is 10. The topological polar surface area (TPSA) is 16.1 Å². The molecule has 0 aliphatic heterocycles. The predicted molar refractivity (Wildman–Crippen MR) is 264 cm³/mol. The van der Waals surface area contributed by atoms with Crippen molar-refractivity contribution >= 4 is 91.7 Å². The van der Waals surface area contributed by atoms with Gasteiger partial charge in [-0.25, -0.2) is 4.98 Å². The van der Waals surface area contributed by atoms with E-state index in [1.165, 1.54) is 79.8 Å². The molecule has 10 aromatic carbocycles. The molecular weight excluding hydrogens is 777 g/mol. The van der Waals surface area contributed by atoms with Crippen LogP contribution in [-0.4, -0.2) is 4.98 Å². The summed E-state index contributed by atoms with van der Waals surface area (Å²) in [4.78, 5) is 7.53. The summed E-state index contributed by atoms with van der Waals surface area (Å²) in [5, 5.41) is 8.55. The van der Waals surface area contributed by atoms with Crippen LogP contribution < -0.4 is 4.90 Å². The highest BCUT2D eigenvalue weighted by Gasteiger charge is 2.20. The van der Waals surface area contributed by atoms with Crippen molar-refractivity contribution < 1.29 is 0 Å². The van der Waals surface area contributed by atoms with Crippen molar-refractivity contribution in [2.75, 3.05) is 4.90 Å². The first kappa shape index (κ1) is 35.6. The van der Waals surface area contributed by atoms with Crippen LogP contribution in [0.4, 0.5) is 17.1 Å². The lowest BCUT2D eigenvalue weighted by Gasteiger charge is -2.29. The average molecular weight is 813 g/mol. The smallest absolute Gasteiger partial charge is 0.124 e. The van der Waals surface area contributed by atoms with Crippen molar-refractivity contribution in [3.8, 4) is 44.0 Å². The second kappa shape index (κ2) is 14.7. The molecule has 0 fully saturated rings. The van der Waals surface area contributed by atoms with Crippen LogP contribution in [-0.2, 0) is 0 Å². The van der Waals surface area contributed by atoms with Crippen LogP contribution in [0.15, 0.2) is 218 Å². The van der Waals surface area contributed by atoms with Crippen LogP contribution in [0.25, 0.3) is 95.9 Å². The molecule has 0 unspecified atom stereocenters. The molecule has 0 aliphatic rings. The van der Waals surface area contributed by atoms with Gasteiger partial charge >= 0.3 is 0 Å². The van der Waals surface area contributed by atoms with E-state index in [2.05, 4.69) is 223 Å². The fraction of sp³-hybridized carbons (Fsp3) is 0. The molecule has 61 heavy (non-hydrogen) atoms. The van der Waals surface area contributed by atoms with Gasteiger partial charge in [0, 0.05) is 42.5 Å². The molecule has 4 heteroatoms. The standard InChI is InChI=1S/C57H36N2S2/c1-4-14-37(15-5-1)43-32-44(38-16-6-2-7-17-38)34-46(33-43)59(52-36-42-20-10-11-21-47(42)48-22-12-13-23-49(48)52)45-27-24-39(25-28-45)41-26-30-53-50(35-41)55-54(60-53)31-29-51-56(55)61-57(58-51)40-18-8-3-9-19-40/h1-36H. The number of rotatable bonds is 7. The van der Waals surface area contributed by atoms with Crippen molar-refractivity contribution in [1.82, 2.24) is 4.98 Å². The van der Waals surface area contributed by atoms with Crippen molar-refractivity contribution in [3.63, 3.8) is 0 Å². The van der Waals surface area contributed by atoms with Crippen molar-refractivity contribution in [2.45, 2.75) is 0 Å². The highest BCUT2D eigenvalue weighted by atomic mass is 32.1. The van der Waals surface area contributed by atoms with E-state index in [9.17, 15) is 0 Å². The molecule has 0 radical (unpaired) electrons. The fourth-order valence-corrected chi connectivity index (χ4v) is 11.2. The average Bonchev–Trinajstić information content (AvgIpc) is 3.94. The Labute approximate surface area is 361 Å². The van der Waals surface area contributed by atoms with Crippen molar-refractivity contribution in [2.24, 2.45) is 0 Å². The third kappa shape index (κ3) is 6.27. The van der Waals surface area contributed by atoms with E-state index in [1.54, 1.807) is 11.3 Å². The van der Waals surface area contributed by atoms with Crippen LogP contribution in [0.1, 0.15) is 0 Å². The second-order valence-corrected chi connectivity index (χ2v) is 17.6. The molecule has 0 atom stereocenters. The van der Waals surface area contributed by atoms with Crippen LogP contribution in [0.5, 0.6) is 0 Å². The zero-order valence-corrected chi connectivity index (χ0v) is 34.6. The summed E-state index contributed by atoms with van der Waals surface area (Å²) in [6.07, 6.45) is 0. The third-order valence-corrected chi connectivity index (χ3v) is 14.1. The minimum atomic E-state index is 1.05. The SMILES string of the molecule is c1ccc(-c2cc(-c3ccccc3)cc(N(c3ccc(-c4ccc5sc6ccc7nc(-c8ccccc8)sc7c6c5c4)cc3)c3cc4ccccc4c4ccccc34)c2)cc1. The number of nitrogens with zero attached hydrogens (tertiary/aromatic N) is 2. The van der Waals surface area contributed by atoms with Crippen molar-refractivity contribution in [3.05, 3.63) is 218 Å². The number of fused-ring (bicyclic) bond motifs is 8. The van der Waals surface area contributed by atoms with Gasteiger partial charge in [-0.1, -0.05) is 158 Å². The van der Waals surface area contributed by atoms with E-state index in [0.717, 1.165) is 33.1 Å². The molecule has 12 aromatic rings. The Morgan fingerprint density at radius 2 is 0.918 bits per heavy atom. The molecule has 2 heterocycles. The number of hydrogen-bond donors (Lipinski definition) is 0. The summed E-state index contributed by atoms with van der Waals surface area (Å²) in [6.45, 7) is 0. The summed E-state index contributed by atoms with van der Waals surface area (Å²) < 4.78 is 3.84. The Hall–Kier alpha value is -7.37. The monoisotopic (exact) mass is 812 g/mol. The van der Waals surface area contributed by atoms with E-state index in [1.807, 2.05) is 11.3 Å². The van der Waals surface area contributed by atoms with Gasteiger partial charge in [-0.15, -0.1) is 22.7 Å². The number of anilines is 3. The van der Waals surface area contributed by atoms with Gasteiger partial charge in [0.15, 0.2) is 0 Å². The minimum absolute atomic E-state index is 1.05. The second-order valence-electron chi connectivity index (χ2n) is 15.5. The molecule has 0 spiro atoms. The normalized spacial score (nSPS) is 11.6. The molecule has 286 valence electrons. The number of thiazole rings is 1. The van der Waals surface area contributed by atoms with Gasteiger partial charge in [0.2, 0.25) is 0 Å². The maximum atomic E-state index is 5.08. The van der Waals surface area contributed by atoms with Crippen molar-refractivity contribution in [1.29, 1.82) is 0 Å². The van der Waals surface area contributed by atoms with Gasteiger partial charge < -0.3 is 4.90 Å². The van der Waals surface area contributed by atoms with E-state index in [-0.39, 0.29) is 0 Å². The maximum Gasteiger partial charge on any atom is 0.124 e.